The predicted octanol–water partition coefficient (Wildman–Crippen LogP) is 2.97. The summed E-state index contributed by atoms with van der Waals surface area (Å²) in [6, 6.07) is 9.50. The summed E-state index contributed by atoms with van der Waals surface area (Å²) in [5, 5.41) is 5.06. The van der Waals surface area contributed by atoms with Gasteiger partial charge in [0.25, 0.3) is 11.5 Å². The number of benzene rings is 2. The van der Waals surface area contributed by atoms with Crippen LogP contribution in [-0.4, -0.2) is 141 Å². The van der Waals surface area contributed by atoms with Gasteiger partial charge < -0.3 is 43.7 Å². The molecular formula is C46H60N8O8. The van der Waals surface area contributed by atoms with Crippen LogP contribution in [0.1, 0.15) is 64.7 Å². The molecule has 0 bridgehead atoms. The fourth-order valence-corrected chi connectivity index (χ4v) is 10.2. The lowest BCUT2D eigenvalue weighted by atomic mass is 9.91. The van der Waals surface area contributed by atoms with Gasteiger partial charge in [-0.3, -0.25) is 29.4 Å². The number of hydrogen-bond donors (Lipinski definition) is 2. The van der Waals surface area contributed by atoms with E-state index in [1.54, 1.807) is 49.8 Å². The molecule has 2 aromatic carbocycles. The van der Waals surface area contributed by atoms with Crippen molar-refractivity contribution in [2.24, 2.45) is 13.0 Å². The maximum absolute atomic E-state index is 13.3. The summed E-state index contributed by atoms with van der Waals surface area (Å²) in [5.41, 5.74) is 6.97. The van der Waals surface area contributed by atoms with Gasteiger partial charge in [0, 0.05) is 115 Å². The minimum Gasteiger partial charge on any atom is -0.496 e. The van der Waals surface area contributed by atoms with Crippen LogP contribution in [0.15, 0.2) is 41.3 Å². The van der Waals surface area contributed by atoms with Crippen LogP contribution < -0.4 is 30.6 Å². The summed E-state index contributed by atoms with van der Waals surface area (Å²) in [6.45, 7) is 8.06. The average molecular weight is 853 g/mol. The molecule has 6 heterocycles. The molecule has 0 saturated carbocycles. The Kier molecular flexibility index (Phi) is 12.9. The molecule has 5 aliphatic rings. The van der Waals surface area contributed by atoms with Crippen molar-refractivity contribution in [2.45, 2.75) is 70.2 Å². The zero-order valence-corrected chi connectivity index (χ0v) is 36.7. The number of carbonyl (C=O) groups is 4. The van der Waals surface area contributed by atoms with Crippen molar-refractivity contribution in [3.05, 3.63) is 74.7 Å². The fraction of sp³-hybridized carbons (Fsp3) is 0.543. The van der Waals surface area contributed by atoms with Crippen LogP contribution >= 0.6 is 0 Å². The van der Waals surface area contributed by atoms with Crippen molar-refractivity contribution in [1.29, 1.82) is 0 Å². The van der Waals surface area contributed by atoms with Crippen LogP contribution in [0, 0.1) is 5.92 Å². The van der Waals surface area contributed by atoms with E-state index < -0.39 is 6.04 Å². The standard InChI is InChI=1S/C46H60N8O8/c1-47-46(59)53-17-13-35-36(25-49(2)44(57)37(35)26-53)30-21-40(61-4)38(41(22-30)62-5)27-52-19-18-50(24-33(52)28-60-3)14-10-29-11-15-51(16-12-29)32-6-7-34-31(20-32)23-54(45(34)58)39-8-9-42(55)48-43(39)56/h6-7,20-22,25,29,33,39H,8-19,23-24,26-28H2,1-5H3,(H,47,59)(H,48,55,56). The van der Waals surface area contributed by atoms with Gasteiger partial charge in [0.05, 0.1) is 32.9 Å². The van der Waals surface area contributed by atoms with Crippen LogP contribution in [0.3, 0.4) is 0 Å². The first-order valence-corrected chi connectivity index (χ1v) is 21.9. The Balaban J connectivity index is 0.873. The van der Waals surface area contributed by atoms with E-state index in [9.17, 15) is 24.0 Å². The minimum atomic E-state index is -0.608. The van der Waals surface area contributed by atoms with Crippen LogP contribution in [-0.2, 0) is 47.4 Å². The number of piperidine rings is 2. The summed E-state index contributed by atoms with van der Waals surface area (Å²) >= 11 is 0. The van der Waals surface area contributed by atoms with E-state index in [4.69, 9.17) is 14.2 Å². The fourth-order valence-electron chi connectivity index (χ4n) is 10.2. The van der Waals surface area contributed by atoms with E-state index in [1.807, 2.05) is 30.5 Å². The van der Waals surface area contributed by atoms with E-state index in [-0.39, 0.29) is 48.3 Å². The van der Waals surface area contributed by atoms with Crippen LogP contribution in [0.5, 0.6) is 11.5 Å². The van der Waals surface area contributed by atoms with Crippen molar-refractivity contribution in [2.75, 3.05) is 85.7 Å². The molecule has 0 spiro atoms. The van der Waals surface area contributed by atoms with Gasteiger partial charge in [-0.1, -0.05) is 0 Å². The lowest BCUT2D eigenvalue weighted by molar-refractivity contribution is -0.136. The van der Waals surface area contributed by atoms with Crippen molar-refractivity contribution in [1.82, 2.24) is 34.8 Å². The molecule has 16 heteroatoms. The third-order valence-corrected chi connectivity index (χ3v) is 13.7. The van der Waals surface area contributed by atoms with E-state index in [0.717, 1.165) is 104 Å². The second-order valence-corrected chi connectivity index (χ2v) is 17.3. The number of urea groups is 1. The summed E-state index contributed by atoms with van der Waals surface area (Å²) in [4.78, 5) is 73.8. The molecule has 62 heavy (non-hydrogen) atoms. The highest BCUT2D eigenvalue weighted by Gasteiger charge is 2.39. The number of aromatic nitrogens is 1. The Labute approximate surface area is 363 Å². The highest BCUT2D eigenvalue weighted by atomic mass is 16.5. The van der Waals surface area contributed by atoms with E-state index >= 15 is 0 Å². The van der Waals surface area contributed by atoms with E-state index in [0.29, 0.717) is 56.1 Å². The van der Waals surface area contributed by atoms with Crippen LogP contribution in [0.25, 0.3) is 11.1 Å². The van der Waals surface area contributed by atoms with Gasteiger partial charge in [0.1, 0.15) is 17.5 Å². The third kappa shape index (κ3) is 8.64. The first-order valence-electron chi connectivity index (χ1n) is 21.9. The molecule has 2 N–H and O–H groups in total. The first-order chi connectivity index (χ1) is 30.0. The van der Waals surface area contributed by atoms with E-state index in [2.05, 4.69) is 31.4 Å². The third-order valence-electron chi connectivity index (χ3n) is 13.7. The number of pyridine rings is 1. The number of fused-ring (bicyclic) bond motifs is 2. The second-order valence-electron chi connectivity index (χ2n) is 17.3. The van der Waals surface area contributed by atoms with Gasteiger partial charge in [0.15, 0.2) is 0 Å². The Morgan fingerprint density at radius 3 is 2.32 bits per heavy atom. The number of nitrogens with zero attached hydrogens (tertiary/aromatic N) is 6. The van der Waals surface area contributed by atoms with Crippen molar-refractivity contribution in [3.8, 4) is 22.6 Å². The van der Waals surface area contributed by atoms with Crippen molar-refractivity contribution >= 4 is 29.4 Å². The molecule has 5 aliphatic heterocycles. The Bertz CT molecular complexity index is 2250. The monoisotopic (exact) mass is 852 g/mol. The number of amides is 5. The summed E-state index contributed by atoms with van der Waals surface area (Å²) < 4.78 is 19.5. The maximum Gasteiger partial charge on any atom is 0.317 e. The summed E-state index contributed by atoms with van der Waals surface area (Å²) in [7, 11) is 8.47. The van der Waals surface area contributed by atoms with Gasteiger partial charge >= 0.3 is 6.03 Å². The average Bonchev–Trinajstić information content (AvgIpc) is 3.61. The molecule has 16 nitrogen and oxygen atoms in total. The zero-order chi connectivity index (χ0) is 43.7. The Morgan fingerprint density at radius 2 is 1.63 bits per heavy atom. The first kappa shape index (κ1) is 43.2. The molecule has 8 rings (SSSR count). The van der Waals surface area contributed by atoms with Crippen molar-refractivity contribution < 1.29 is 33.4 Å². The summed E-state index contributed by atoms with van der Waals surface area (Å²) in [5.74, 6) is 1.26. The molecule has 2 atom stereocenters. The topological polar surface area (TPSA) is 158 Å². The number of nitrogens with one attached hydrogen (secondary N) is 2. The minimum absolute atomic E-state index is 0.100. The summed E-state index contributed by atoms with van der Waals surface area (Å²) in [6.07, 6.45) is 6.39. The lowest BCUT2D eigenvalue weighted by Crippen LogP contribution is -2.54. The molecule has 3 fully saturated rings. The smallest absolute Gasteiger partial charge is 0.317 e. The highest BCUT2D eigenvalue weighted by molar-refractivity contribution is 6.05. The van der Waals surface area contributed by atoms with Gasteiger partial charge in [-0.25, -0.2) is 4.79 Å². The molecule has 3 saturated heterocycles. The number of hydrogen-bond acceptors (Lipinski definition) is 11. The number of ether oxygens (including phenoxy) is 3. The lowest BCUT2D eigenvalue weighted by Gasteiger charge is -2.42. The normalized spacial score (nSPS) is 21.2. The van der Waals surface area contributed by atoms with Gasteiger partial charge in [-0.2, -0.15) is 0 Å². The highest BCUT2D eigenvalue weighted by Crippen LogP contribution is 2.39. The van der Waals surface area contributed by atoms with E-state index in [1.165, 1.54) is 0 Å². The number of carbonyl (C=O) groups excluding carboxylic acids is 4. The number of anilines is 1. The van der Waals surface area contributed by atoms with Crippen LogP contribution in [0.4, 0.5) is 10.5 Å². The van der Waals surface area contributed by atoms with Gasteiger partial charge in [-0.05, 0) is 91.6 Å². The molecule has 5 amide bonds. The number of rotatable bonds is 12. The number of piperazine rings is 1. The maximum atomic E-state index is 13.3. The molecular weight excluding hydrogens is 793 g/mol. The molecule has 0 aliphatic carbocycles. The largest absolute Gasteiger partial charge is 0.496 e. The Hall–Kier alpha value is -5.45. The van der Waals surface area contributed by atoms with Crippen molar-refractivity contribution in [3.63, 3.8) is 0 Å². The second kappa shape index (κ2) is 18.5. The molecule has 1 aromatic heterocycles. The molecule has 332 valence electrons. The van der Waals surface area contributed by atoms with Gasteiger partial charge in [0.2, 0.25) is 11.8 Å². The molecule has 0 radical (unpaired) electrons. The molecule has 3 aromatic rings. The Morgan fingerprint density at radius 1 is 0.871 bits per heavy atom. The number of aryl methyl sites for hydroxylation is 1. The number of imide groups is 1. The van der Waals surface area contributed by atoms with Gasteiger partial charge in [-0.15, -0.1) is 0 Å². The SMILES string of the molecule is CNC(=O)N1CCc2c(-c3cc(OC)c(CN4CCN(CCC5CCN(c6ccc7c(c6)CN(C6CCC(=O)NC6=O)C7=O)CC5)CC4COC)c(OC)c3)cn(C)c(=O)c2C1. The quantitative estimate of drug-likeness (QED) is 0.258. The molecule has 2 unspecified atom stereocenters. The predicted molar refractivity (Wildman–Crippen MR) is 233 cm³/mol. The van der Waals surface area contributed by atoms with Crippen LogP contribution in [0.2, 0.25) is 0 Å². The number of methoxy groups -OCH3 is 3. The zero-order valence-electron chi connectivity index (χ0n) is 36.7.